The largest absolute Gasteiger partial charge is 0.477 e. The second-order valence-corrected chi connectivity index (χ2v) is 8.43. The number of anilines is 1. The summed E-state index contributed by atoms with van der Waals surface area (Å²) in [7, 11) is 0. The minimum absolute atomic E-state index is 0.00591. The molecule has 8 heteroatoms. The molecule has 2 saturated carbocycles. The maximum absolute atomic E-state index is 15.6. The summed E-state index contributed by atoms with van der Waals surface area (Å²) in [5.41, 5.74) is 4.52. The summed E-state index contributed by atoms with van der Waals surface area (Å²) in [4.78, 5) is 25.7. The van der Waals surface area contributed by atoms with Crippen molar-refractivity contribution in [2.75, 3.05) is 18.0 Å². The van der Waals surface area contributed by atoms with Gasteiger partial charge >= 0.3 is 5.97 Å². The number of hydrogen-bond acceptors (Lipinski definition) is 4. The Kier molecular flexibility index (Phi) is 3.62. The van der Waals surface area contributed by atoms with Gasteiger partial charge in [-0.1, -0.05) is 0 Å². The summed E-state index contributed by atoms with van der Waals surface area (Å²) >= 11 is 0. The van der Waals surface area contributed by atoms with Crippen molar-refractivity contribution >= 4 is 22.6 Å². The van der Waals surface area contributed by atoms with Gasteiger partial charge in [-0.3, -0.25) is 4.79 Å². The van der Waals surface area contributed by atoms with Crippen LogP contribution in [-0.4, -0.2) is 34.8 Å². The summed E-state index contributed by atoms with van der Waals surface area (Å²) in [6, 6.07) is 0.985. The Morgan fingerprint density at radius 2 is 2.04 bits per heavy atom. The first-order valence-electron chi connectivity index (χ1n) is 9.63. The van der Waals surface area contributed by atoms with Gasteiger partial charge in [0.15, 0.2) is 5.82 Å². The lowest BCUT2D eigenvalue weighted by Crippen LogP contribution is -2.40. The molecular weight excluding hydrogens is 368 g/mol. The number of benzene rings is 1. The number of rotatable bonds is 3. The fraction of sp³-hybridized carbons (Fsp3) is 0.500. The quantitative estimate of drug-likeness (QED) is 0.843. The fourth-order valence-electron chi connectivity index (χ4n) is 4.71. The van der Waals surface area contributed by atoms with Gasteiger partial charge in [0.2, 0.25) is 5.43 Å². The lowest BCUT2D eigenvalue weighted by molar-refractivity contribution is 0.0695. The van der Waals surface area contributed by atoms with Crippen LogP contribution in [0.1, 0.15) is 48.5 Å². The van der Waals surface area contributed by atoms with E-state index in [1.54, 1.807) is 4.90 Å². The zero-order valence-electron chi connectivity index (χ0n) is 15.3. The van der Waals surface area contributed by atoms with Crippen LogP contribution >= 0.6 is 0 Å². The van der Waals surface area contributed by atoms with Crippen LogP contribution < -0.4 is 16.1 Å². The Morgan fingerprint density at radius 3 is 2.64 bits per heavy atom. The average Bonchev–Trinajstić information content (AvgIpc) is 3.55. The van der Waals surface area contributed by atoms with Crippen LogP contribution in [0.5, 0.6) is 0 Å². The van der Waals surface area contributed by atoms with E-state index in [0.717, 1.165) is 38.2 Å². The first-order valence-corrected chi connectivity index (χ1v) is 9.63. The van der Waals surface area contributed by atoms with Crippen molar-refractivity contribution < 1.29 is 18.7 Å². The van der Waals surface area contributed by atoms with Crippen molar-refractivity contribution in [3.05, 3.63) is 39.7 Å². The predicted octanol–water partition coefficient (Wildman–Crippen LogP) is 2.63. The molecule has 1 aliphatic heterocycles. The molecule has 1 saturated heterocycles. The second-order valence-electron chi connectivity index (χ2n) is 8.43. The van der Waals surface area contributed by atoms with Crippen LogP contribution in [0.3, 0.4) is 0 Å². The fourth-order valence-corrected chi connectivity index (χ4v) is 4.71. The van der Waals surface area contributed by atoms with Gasteiger partial charge < -0.3 is 20.3 Å². The molecule has 3 N–H and O–H groups in total. The Bertz CT molecular complexity index is 1080. The molecule has 1 spiro atoms. The molecular formula is C20H21F2N3O3. The van der Waals surface area contributed by atoms with Crippen molar-refractivity contribution in [3.8, 4) is 0 Å². The molecule has 0 bridgehead atoms. The molecule has 3 fully saturated rings. The summed E-state index contributed by atoms with van der Waals surface area (Å²) in [5.74, 6) is -3.02. The number of aromatic nitrogens is 1. The van der Waals surface area contributed by atoms with Crippen LogP contribution in [0.25, 0.3) is 10.9 Å². The highest BCUT2D eigenvalue weighted by atomic mass is 19.1. The van der Waals surface area contributed by atoms with E-state index in [-0.39, 0.29) is 34.1 Å². The van der Waals surface area contributed by atoms with E-state index in [2.05, 4.69) is 0 Å². The third kappa shape index (κ3) is 2.47. The molecule has 28 heavy (non-hydrogen) atoms. The number of fused-ring (bicyclic) bond motifs is 1. The topological polar surface area (TPSA) is 88.6 Å². The Hall–Kier alpha value is -2.48. The number of aromatic carboxylic acids is 1. The zero-order chi connectivity index (χ0) is 19.8. The van der Waals surface area contributed by atoms with Crippen molar-refractivity contribution in [1.82, 2.24) is 4.57 Å². The Balaban J connectivity index is 1.72. The number of hydrogen-bond donors (Lipinski definition) is 2. The van der Waals surface area contributed by atoms with Gasteiger partial charge in [-0.25, -0.2) is 13.6 Å². The number of halogens is 2. The van der Waals surface area contributed by atoms with E-state index in [0.29, 0.717) is 13.1 Å². The summed E-state index contributed by atoms with van der Waals surface area (Å²) < 4.78 is 32.1. The van der Waals surface area contributed by atoms with Crippen molar-refractivity contribution in [2.45, 2.75) is 44.2 Å². The van der Waals surface area contributed by atoms with Gasteiger partial charge in [0.05, 0.1) is 10.9 Å². The highest BCUT2D eigenvalue weighted by Crippen LogP contribution is 2.52. The number of carbonyl (C=O) groups is 1. The molecule has 0 radical (unpaired) electrons. The van der Waals surface area contributed by atoms with Gasteiger partial charge in [0, 0.05) is 36.8 Å². The third-order valence-electron chi connectivity index (χ3n) is 6.53. The average molecular weight is 389 g/mol. The maximum Gasteiger partial charge on any atom is 0.341 e. The van der Waals surface area contributed by atoms with Gasteiger partial charge in [-0.05, 0) is 38.2 Å². The maximum atomic E-state index is 15.6. The van der Waals surface area contributed by atoms with E-state index in [9.17, 15) is 19.1 Å². The molecule has 0 amide bonds. The number of piperidine rings is 1. The molecule has 3 aliphatic rings. The lowest BCUT2D eigenvalue weighted by Gasteiger charge is -2.35. The van der Waals surface area contributed by atoms with Crippen molar-refractivity contribution in [2.24, 2.45) is 11.1 Å². The molecule has 2 aliphatic carbocycles. The number of pyridine rings is 1. The van der Waals surface area contributed by atoms with E-state index >= 15 is 4.39 Å². The van der Waals surface area contributed by atoms with E-state index in [4.69, 9.17) is 5.73 Å². The number of nitrogens with zero attached hydrogens (tertiary/aromatic N) is 2. The molecule has 148 valence electrons. The smallest absolute Gasteiger partial charge is 0.341 e. The molecule has 5 rings (SSSR count). The number of carboxylic acids is 1. The second kappa shape index (κ2) is 5.76. The predicted molar refractivity (Wildman–Crippen MR) is 99.8 cm³/mol. The standard InChI is InChI=1S/C20H21F2N3O3/c21-13-6-11-16(25(10-2-3-10)8-12(18(11)26)19(27)28)15(22)17(13)24-5-1-4-20(9-24)7-14(20)23/h6,8,10,14H,1-5,7,9,23H2,(H,27,28). The zero-order valence-corrected chi connectivity index (χ0v) is 15.3. The first kappa shape index (κ1) is 17.6. The molecule has 2 aromatic rings. The Labute approximate surface area is 159 Å². The molecule has 6 nitrogen and oxygen atoms in total. The van der Waals surface area contributed by atoms with Crippen LogP contribution in [0, 0.1) is 17.0 Å². The summed E-state index contributed by atoms with van der Waals surface area (Å²) in [6.07, 6.45) is 5.35. The highest BCUT2D eigenvalue weighted by molar-refractivity contribution is 5.94. The van der Waals surface area contributed by atoms with Gasteiger partial charge in [-0.2, -0.15) is 0 Å². The first-order chi connectivity index (χ1) is 13.3. The summed E-state index contributed by atoms with van der Waals surface area (Å²) in [6.45, 7) is 1.02. The van der Waals surface area contributed by atoms with E-state index in [1.165, 1.54) is 10.8 Å². The lowest BCUT2D eigenvalue weighted by atomic mass is 9.93. The molecule has 1 aromatic heterocycles. The van der Waals surface area contributed by atoms with Crippen LogP contribution in [0.15, 0.2) is 17.1 Å². The van der Waals surface area contributed by atoms with E-state index in [1.807, 2.05) is 0 Å². The normalized spacial score (nSPS) is 26.8. The van der Waals surface area contributed by atoms with Crippen LogP contribution in [0.4, 0.5) is 14.5 Å². The minimum atomic E-state index is -1.40. The van der Waals surface area contributed by atoms with Crippen molar-refractivity contribution in [1.29, 1.82) is 0 Å². The third-order valence-corrected chi connectivity index (χ3v) is 6.53. The molecule has 2 atom stereocenters. The monoisotopic (exact) mass is 389 g/mol. The summed E-state index contributed by atoms with van der Waals surface area (Å²) in [5, 5.41) is 9.10. The van der Waals surface area contributed by atoms with Crippen LogP contribution in [0.2, 0.25) is 0 Å². The van der Waals surface area contributed by atoms with Gasteiger partial charge in [-0.15, -0.1) is 0 Å². The van der Waals surface area contributed by atoms with Gasteiger partial charge in [0.1, 0.15) is 17.1 Å². The molecule has 2 heterocycles. The SMILES string of the molecule is NC1CC12CCCN(c1c(F)cc3c(=O)c(C(=O)O)cn(C4CC4)c3c1F)C2. The molecule has 2 unspecified atom stereocenters. The van der Waals surface area contributed by atoms with Crippen molar-refractivity contribution in [3.63, 3.8) is 0 Å². The van der Waals surface area contributed by atoms with Crippen LogP contribution in [-0.2, 0) is 0 Å². The van der Waals surface area contributed by atoms with E-state index < -0.39 is 28.6 Å². The number of carboxylic acid groups (broad SMARTS) is 1. The molecule has 1 aromatic carbocycles. The number of nitrogens with two attached hydrogens (primary N) is 1. The van der Waals surface area contributed by atoms with Gasteiger partial charge in [0.25, 0.3) is 0 Å². The highest BCUT2D eigenvalue weighted by Gasteiger charge is 2.54. The Morgan fingerprint density at radius 1 is 1.32 bits per heavy atom. The minimum Gasteiger partial charge on any atom is -0.477 e.